The molecule has 0 saturated carbocycles. The molecule has 0 radical (unpaired) electrons. The lowest BCUT2D eigenvalue weighted by molar-refractivity contribution is -0.385. The van der Waals surface area contributed by atoms with Crippen LogP contribution in [0, 0.1) is 17.0 Å². The monoisotopic (exact) mass is 384 g/mol. The van der Waals surface area contributed by atoms with Crippen molar-refractivity contribution in [2.75, 3.05) is 18.9 Å². The Bertz CT molecular complexity index is 969. The van der Waals surface area contributed by atoms with E-state index in [-0.39, 0.29) is 24.2 Å². The number of nitrogens with zero attached hydrogens (tertiary/aromatic N) is 3. The number of nitrogens with one attached hydrogen (secondary N) is 1. The van der Waals surface area contributed by atoms with Gasteiger partial charge in [0.2, 0.25) is 5.91 Å². The van der Waals surface area contributed by atoms with Crippen LogP contribution in [-0.4, -0.2) is 34.3 Å². The van der Waals surface area contributed by atoms with Crippen molar-refractivity contribution in [2.24, 2.45) is 0 Å². The highest BCUT2D eigenvalue weighted by Crippen LogP contribution is 2.29. The molecule has 3 rings (SSSR count). The molecule has 0 aliphatic carbocycles. The number of nitro groups is 1. The first-order valence-electron chi connectivity index (χ1n) is 8.46. The van der Waals surface area contributed by atoms with Gasteiger partial charge in [0, 0.05) is 6.07 Å². The Morgan fingerprint density at radius 3 is 2.74 bits per heavy atom. The second-order valence-electron chi connectivity index (χ2n) is 6.37. The van der Waals surface area contributed by atoms with Gasteiger partial charge in [-0.15, -0.1) is 11.3 Å². The van der Waals surface area contributed by atoms with Gasteiger partial charge >= 0.3 is 0 Å². The average molecular weight is 384 g/mol. The highest BCUT2D eigenvalue weighted by atomic mass is 32.1. The van der Waals surface area contributed by atoms with Crippen LogP contribution in [0.3, 0.4) is 0 Å². The van der Waals surface area contributed by atoms with Crippen molar-refractivity contribution in [3.63, 3.8) is 0 Å². The Hall–Kier alpha value is -2.84. The van der Waals surface area contributed by atoms with Gasteiger partial charge in [0.1, 0.15) is 5.01 Å². The third-order valence-corrected chi connectivity index (χ3v) is 5.70. The van der Waals surface area contributed by atoms with E-state index >= 15 is 0 Å². The van der Waals surface area contributed by atoms with Crippen LogP contribution in [0.5, 0.6) is 0 Å². The lowest BCUT2D eigenvalue weighted by Crippen LogP contribution is -2.32. The molecule has 1 heterocycles. The third kappa shape index (κ3) is 4.12. The summed E-state index contributed by atoms with van der Waals surface area (Å²) in [5.74, 6) is -0.228. The van der Waals surface area contributed by atoms with Gasteiger partial charge in [-0.2, -0.15) is 0 Å². The first-order chi connectivity index (χ1) is 12.9. The standard InChI is InChI=1S/C19H20N4O3S/c1-12-14(8-6-9-16(12)23(25)26)20-18(24)11-22(3)13(2)19-21-15-7-4-5-10-17(15)27-19/h4-10,13H,11H2,1-3H3,(H,20,24)/t13-/m1/s1. The number of thiazole rings is 1. The molecule has 0 aliphatic rings. The number of likely N-dealkylation sites (N-methyl/N-ethyl adjacent to an activating group) is 1. The molecular formula is C19H20N4O3S. The molecule has 1 atom stereocenters. The van der Waals surface area contributed by atoms with Gasteiger partial charge in [-0.25, -0.2) is 4.98 Å². The molecule has 1 aromatic heterocycles. The molecular weight excluding hydrogens is 364 g/mol. The Balaban J connectivity index is 1.68. The number of carbonyl (C=O) groups is 1. The maximum atomic E-state index is 12.4. The van der Waals surface area contributed by atoms with E-state index in [0.29, 0.717) is 11.3 Å². The zero-order chi connectivity index (χ0) is 19.6. The topological polar surface area (TPSA) is 88.4 Å². The van der Waals surface area contributed by atoms with Crippen LogP contribution in [-0.2, 0) is 4.79 Å². The summed E-state index contributed by atoms with van der Waals surface area (Å²) < 4.78 is 1.12. The van der Waals surface area contributed by atoms with Crippen LogP contribution in [0.15, 0.2) is 42.5 Å². The summed E-state index contributed by atoms with van der Waals surface area (Å²) in [4.78, 5) is 29.6. The maximum Gasteiger partial charge on any atom is 0.274 e. The van der Waals surface area contributed by atoms with E-state index in [0.717, 1.165) is 15.2 Å². The molecule has 1 amide bonds. The highest BCUT2D eigenvalue weighted by molar-refractivity contribution is 7.18. The number of hydrogen-bond donors (Lipinski definition) is 1. The largest absolute Gasteiger partial charge is 0.324 e. The number of nitro benzene ring substituents is 1. The minimum Gasteiger partial charge on any atom is -0.324 e. The van der Waals surface area contributed by atoms with Crippen LogP contribution in [0.25, 0.3) is 10.2 Å². The van der Waals surface area contributed by atoms with Crippen molar-refractivity contribution in [3.05, 3.63) is 63.1 Å². The lowest BCUT2D eigenvalue weighted by atomic mass is 10.1. The van der Waals surface area contributed by atoms with Crippen LogP contribution in [0.2, 0.25) is 0 Å². The molecule has 27 heavy (non-hydrogen) atoms. The number of anilines is 1. The van der Waals surface area contributed by atoms with Crippen molar-refractivity contribution < 1.29 is 9.72 Å². The summed E-state index contributed by atoms with van der Waals surface area (Å²) >= 11 is 1.61. The predicted octanol–water partition coefficient (Wildman–Crippen LogP) is 4.14. The Morgan fingerprint density at radius 1 is 1.30 bits per heavy atom. The molecule has 1 N–H and O–H groups in total. The molecule has 8 heteroatoms. The number of benzene rings is 2. The third-order valence-electron chi connectivity index (χ3n) is 4.50. The summed E-state index contributed by atoms with van der Waals surface area (Å²) in [5.41, 5.74) is 1.84. The van der Waals surface area contributed by atoms with Crippen LogP contribution < -0.4 is 5.32 Å². The van der Waals surface area contributed by atoms with E-state index in [2.05, 4.69) is 10.3 Å². The van der Waals surface area contributed by atoms with E-state index in [1.807, 2.05) is 43.1 Å². The molecule has 0 fully saturated rings. The molecule has 0 unspecified atom stereocenters. The fraction of sp³-hybridized carbons (Fsp3) is 0.263. The maximum absolute atomic E-state index is 12.4. The molecule has 7 nitrogen and oxygen atoms in total. The average Bonchev–Trinajstić information content (AvgIpc) is 3.06. The number of para-hydroxylation sites is 1. The Kier molecular flexibility index (Phi) is 5.48. The fourth-order valence-electron chi connectivity index (χ4n) is 2.77. The number of carbonyl (C=O) groups excluding carboxylic acids is 1. The number of aromatic nitrogens is 1. The summed E-state index contributed by atoms with van der Waals surface area (Å²) in [6, 6.07) is 12.6. The predicted molar refractivity (Wildman–Crippen MR) is 107 cm³/mol. The number of hydrogen-bond acceptors (Lipinski definition) is 6. The normalized spacial score (nSPS) is 12.3. The summed E-state index contributed by atoms with van der Waals surface area (Å²) in [5, 5.41) is 14.7. The first kappa shape index (κ1) is 18.9. The van der Waals surface area contributed by atoms with E-state index < -0.39 is 4.92 Å². The minimum atomic E-state index is -0.452. The van der Waals surface area contributed by atoms with E-state index in [4.69, 9.17) is 0 Å². The van der Waals surface area contributed by atoms with E-state index in [1.165, 1.54) is 6.07 Å². The van der Waals surface area contributed by atoms with E-state index in [9.17, 15) is 14.9 Å². The van der Waals surface area contributed by atoms with Crippen molar-refractivity contribution in [2.45, 2.75) is 19.9 Å². The number of amides is 1. The number of fused-ring (bicyclic) bond motifs is 1. The van der Waals surface area contributed by atoms with Crippen LogP contribution in [0.4, 0.5) is 11.4 Å². The van der Waals surface area contributed by atoms with Gasteiger partial charge in [0.15, 0.2) is 0 Å². The summed E-state index contributed by atoms with van der Waals surface area (Å²) in [7, 11) is 1.86. The zero-order valence-corrected chi connectivity index (χ0v) is 16.1. The van der Waals surface area contributed by atoms with Gasteiger partial charge in [0.25, 0.3) is 5.69 Å². The van der Waals surface area contributed by atoms with Crippen molar-refractivity contribution >= 4 is 38.8 Å². The molecule has 3 aromatic rings. The molecule has 140 valence electrons. The highest BCUT2D eigenvalue weighted by Gasteiger charge is 2.20. The smallest absolute Gasteiger partial charge is 0.274 e. The van der Waals surface area contributed by atoms with Gasteiger partial charge in [-0.1, -0.05) is 18.2 Å². The van der Waals surface area contributed by atoms with Gasteiger partial charge in [-0.3, -0.25) is 19.8 Å². The molecule has 0 aliphatic heterocycles. The summed E-state index contributed by atoms with van der Waals surface area (Å²) in [6.45, 7) is 3.78. The van der Waals surface area contributed by atoms with Crippen molar-refractivity contribution in [1.82, 2.24) is 9.88 Å². The Morgan fingerprint density at radius 2 is 2.04 bits per heavy atom. The van der Waals surface area contributed by atoms with E-state index in [1.54, 1.807) is 30.4 Å². The van der Waals surface area contributed by atoms with Crippen LogP contribution in [0.1, 0.15) is 23.5 Å². The van der Waals surface area contributed by atoms with Crippen molar-refractivity contribution in [1.29, 1.82) is 0 Å². The van der Waals surface area contributed by atoms with Gasteiger partial charge < -0.3 is 5.32 Å². The summed E-state index contributed by atoms with van der Waals surface area (Å²) in [6.07, 6.45) is 0. The first-order valence-corrected chi connectivity index (χ1v) is 9.28. The number of rotatable bonds is 6. The lowest BCUT2D eigenvalue weighted by Gasteiger charge is -2.22. The zero-order valence-electron chi connectivity index (χ0n) is 15.3. The second kappa shape index (κ2) is 7.81. The van der Waals surface area contributed by atoms with Gasteiger partial charge in [-0.05, 0) is 39.1 Å². The Labute approximate surface area is 160 Å². The molecule has 0 saturated heterocycles. The van der Waals surface area contributed by atoms with Gasteiger partial charge in [0.05, 0.1) is 39.0 Å². The quantitative estimate of drug-likeness (QED) is 0.510. The minimum absolute atomic E-state index is 0.0102. The fourth-order valence-corrected chi connectivity index (χ4v) is 3.85. The molecule has 0 spiro atoms. The molecule has 2 aromatic carbocycles. The van der Waals surface area contributed by atoms with Crippen LogP contribution >= 0.6 is 11.3 Å². The SMILES string of the molecule is Cc1c(NC(=O)CN(C)[C@H](C)c2nc3ccccc3s2)cccc1[N+](=O)[O-]. The second-order valence-corrected chi connectivity index (χ2v) is 7.43. The molecule has 0 bridgehead atoms. The van der Waals surface area contributed by atoms with Crippen molar-refractivity contribution in [3.8, 4) is 0 Å².